The van der Waals surface area contributed by atoms with Crippen LogP contribution >= 0.6 is 0 Å². The number of halogens is 6. The molecule has 1 aromatic heterocycles. The van der Waals surface area contributed by atoms with Gasteiger partial charge < -0.3 is 19.5 Å². The smallest absolute Gasteiger partial charge is 0.376 e. The molecule has 1 aromatic carbocycles. The average Bonchev–Trinajstić information content (AvgIpc) is 3.25. The van der Waals surface area contributed by atoms with Gasteiger partial charge in [0.15, 0.2) is 0 Å². The van der Waals surface area contributed by atoms with E-state index in [2.05, 4.69) is 5.32 Å². The molecule has 1 saturated heterocycles. The molecule has 1 spiro atoms. The number of aromatic nitrogens is 1. The number of rotatable bonds is 6. The summed E-state index contributed by atoms with van der Waals surface area (Å²) in [7, 11) is 0. The van der Waals surface area contributed by atoms with Crippen LogP contribution in [0.4, 0.5) is 26.3 Å². The van der Waals surface area contributed by atoms with Crippen LogP contribution in [0.2, 0.25) is 0 Å². The highest BCUT2D eigenvalue weighted by Gasteiger charge is 2.47. The lowest BCUT2D eigenvalue weighted by Gasteiger charge is -2.47. The Bertz CT molecular complexity index is 1130. The third-order valence-electron chi connectivity index (χ3n) is 6.84. The van der Waals surface area contributed by atoms with E-state index in [0.29, 0.717) is 42.8 Å². The molecule has 0 bridgehead atoms. The van der Waals surface area contributed by atoms with Gasteiger partial charge >= 0.3 is 12.4 Å². The number of hydrogen-bond donors (Lipinski definition) is 1. The van der Waals surface area contributed by atoms with Crippen molar-refractivity contribution in [1.82, 2.24) is 14.8 Å². The van der Waals surface area contributed by atoms with Crippen LogP contribution in [0.25, 0.3) is 0 Å². The van der Waals surface area contributed by atoms with Gasteiger partial charge in [0.2, 0.25) is 0 Å². The molecule has 0 saturated carbocycles. The molecule has 202 valence electrons. The molecule has 1 atom stereocenters. The highest BCUT2D eigenvalue weighted by atomic mass is 19.4. The van der Waals surface area contributed by atoms with Gasteiger partial charge in [-0.2, -0.15) is 26.3 Å². The minimum absolute atomic E-state index is 0.000878. The Kier molecular flexibility index (Phi) is 7.44. The number of ketones is 1. The van der Waals surface area contributed by atoms with Crippen molar-refractivity contribution in [3.63, 3.8) is 0 Å². The summed E-state index contributed by atoms with van der Waals surface area (Å²) < 4.78 is 82.4. The van der Waals surface area contributed by atoms with Crippen LogP contribution in [0.3, 0.4) is 0 Å². The molecular formula is C25H27F6N3O3. The SMILES string of the molecule is C[C@H]1Cn2c(C(=O)C(F)(F)F)ccc2C2(CCN(C(=O)c3ccc(COCCC(F)(F)F)cc3)CC2)N1. The lowest BCUT2D eigenvalue weighted by Crippen LogP contribution is -2.59. The number of carbonyl (C=O) groups is 2. The van der Waals surface area contributed by atoms with Crippen LogP contribution in [-0.4, -0.2) is 59.2 Å². The van der Waals surface area contributed by atoms with Crippen molar-refractivity contribution in [1.29, 1.82) is 0 Å². The fraction of sp³-hybridized carbons (Fsp3) is 0.520. The number of likely N-dealkylation sites (tertiary alicyclic amines) is 1. The first-order valence-corrected chi connectivity index (χ1v) is 11.9. The molecule has 1 N–H and O–H groups in total. The standard InChI is InChI=1S/C25H27F6N3O3/c1-16-14-34-19(21(35)25(29,30)31)6-7-20(34)23(32-16)8-11-33(12-9-23)22(36)18-4-2-17(3-5-18)15-37-13-10-24(26,27)28/h2-7,16,32H,8-15H2,1H3/t16-/m0/s1. The Labute approximate surface area is 209 Å². The van der Waals surface area contributed by atoms with Crippen molar-refractivity contribution in [2.24, 2.45) is 0 Å². The Morgan fingerprint density at radius 3 is 2.27 bits per heavy atom. The predicted molar refractivity (Wildman–Crippen MR) is 121 cm³/mol. The second-order valence-corrected chi connectivity index (χ2v) is 9.58. The van der Waals surface area contributed by atoms with Crippen LogP contribution in [0, 0.1) is 0 Å². The normalized spacial score (nSPS) is 19.6. The average molecular weight is 531 g/mol. The number of fused-ring (bicyclic) bond motifs is 2. The van der Waals surface area contributed by atoms with E-state index in [4.69, 9.17) is 4.74 Å². The summed E-state index contributed by atoms with van der Waals surface area (Å²) in [4.78, 5) is 26.6. The molecule has 2 aromatic rings. The first kappa shape index (κ1) is 27.2. The highest BCUT2D eigenvalue weighted by molar-refractivity contribution is 5.99. The second kappa shape index (κ2) is 10.1. The van der Waals surface area contributed by atoms with Crippen LogP contribution in [0.1, 0.15) is 58.3 Å². The fourth-order valence-electron chi connectivity index (χ4n) is 5.09. The molecule has 2 aliphatic heterocycles. The van der Waals surface area contributed by atoms with E-state index in [9.17, 15) is 35.9 Å². The Hall–Kier alpha value is -2.86. The molecule has 0 aliphatic carbocycles. The van der Waals surface area contributed by atoms with E-state index in [1.165, 1.54) is 10.6 Å². The molecule has 1 fully saturated rings. The van der Waals surface area contributed by atoms with Gasteiger partial charge in [-0.15, -0.1) is 0 Å². The number of piperidine rings is 1. The van der Waals surface area contributed by atoms with Crippen molar-refractivity contribution in [2.75, 3.05) is 19.7 Å². The van der Waals surface area contributed by atoms with Gasteiger partial charge in [-0.1, -0.05) is 12.1 Å². The van der Waals surface area contributed by atoms with Gasteiger partial charge in [0.25, 0.3) is 11.7 Å². The molecular weight excluding hydrogens is 504 g/mol. The predicted octanol–water partition coefficient (Wildman–Crippen LogP) is 4.83. The first-order valence-electron chi connectivity index (χ1n) is 11.9. The number of Topliss-reactive ketones (excluding diaryl/α,β-unsaturated/α-hetero) is 1. The number of amides is 1. The molecule has 2 aliphatic rings. The lowest BCUT2D eigenvalue weighted by molar-refractivity contribution is -0.146. The highest BCUT2D eigenvalue weighted by Crippen LogP contribution is 2.39. The molecule has 12 heteroatoms. The Morgan fingerprint density at radius 2 is 1.68 bits per heavy atom. The van der Waals surface area contributed by atoms with E-state index in [-0.39, 0.29) is 30.8 Å². The maximum absolute atomic E-state index is 13.1. The van der Waals surface area contributed by atoms with E-state index in [1.807, 2.05) is 6.92 Å². The van der Waals surface area contributed by atoms with Crippen LogP contribution < -0.4 is 5.32 Å². The van der Waals surface area contributed by atoms with Gasteiger partial charge in [-0.05, 0) is 49.6 Å². The third kappa shape index (κ3) is 6.01. The summed E-state index contributed by atoms with van der Waals surface area (Å²) in [6.07, 6.45) is -9.36. The number of ether oxygens (including phenoxy) is 1. The number of hydrogen-bond acceptors (Lipinski definition) is 4. The third-order valence-corrected chi connectivity index (χ3v) is 6.84. The molecule has 4 rings (SSSR count). The molecule has 0 radical (unpaired) electrons. The molecule has 6 nitrogen and oxygen atoms in total. The van der Waals surface area contributed by atoms with Crippen molar-refractivity contribution in [3.05, 3.63) is 58.9 Å². The summed E-state index contributed by atoms with van der Waals surface area (Å²) in [6, 6.07) is 9.05. The zero-order valence-electron chi connectivity index (χ0n) is 20.1. The zero-order valence-corrected chi connectivity index (χ0v) is 20.1. The van der Waals surface area contributed by atoms with Gasteiger partial charge in [0.1, 0.15) is 0 Å². The topological polar surface area (TPSA) is 63.6 Å². The van der Waals surface area contributed by atoms with Crippen molar-refractivity contribution >= 4 is 11.7 Å². The van der Waals surface area contributed by atoms with Gasteiger partial charge in [0, 0.05) is 36.9 Å². The van der Waals surface area contributed by atoms with Gasteiger partial charge in [-0.3, -0.25) is 9.59 Å². The minimum Gasteiger partial charge on any atom is -0.376 e. The number of nitrogens with one attached hydrogen (secondary N) is 1. The Morgan fingerprint density at radius 1 is 1.03 bits per heavy atom. The van der Waals surface area contributed by atoms with E-state index < -0.39 is 36.7 Å². The van der Waals surface area contributed by atoms with E-state index in [0.717, 1.165) is 0 Å². The van der Waals surface area contributed by atoms with E-state index >= 15 is 0 Å². The summed E-state index contributed by atoms with van der Waals surface area (Å²) in [5, 5.41) is 3.48. The first-order chi connectivity index (χ1) is 17.3. The quantitative estimate of drug-likeness (QED) is 0.330. The molecule has 3 heterocycles. The van der Waals surface area contributed by atoms with Crippen LogP contribution in [0.5, 0.6) is 0 Å². The maximum Gasteiger partial charge on any atom is 0.456 e. The summed E-state index contributed by atoms with van der Waals surface area (Å²) in [5.74, 6) is -2.09. The van der Waals surface area contributed by atoms with Gasteiger partial charge in [-0.25, -0.2) is 0 Å². The fourth-order valence-corrected chi connectivity index (χ4v) is 5.09. The monoisotopic (exact) mass is 531 g/mol. The van der Waals surface area contributed by atoms with Crippen LogP contribution in [-0.2, 0) is 23.4 Å². The van der Waals surface area contributed by atoms with Crippen LogP contribution in [0.15, 0.2) is 36.4 Å². The Balaban J connectivity index is 1.40. The molecule has 0 unspecified atom stereocenters. The summed E-state index contributed by atoms with van der Waals surface area (Å²) in [5.41, 5.74) is 0.635. The summed E-state index contributed by atoms with van der Waals surface area (Å²) >= 11 is 0. The second-order valence-electron chi connectivity index (χ2n) is 9.58. The number of alkyl halides is 6. The summed E-state index contributed by atoms with van der Waals surface area (Å²) in [6.45, 7) is 2.35. The number of nitrogens with zero attached hydrogens (tertiary/aromatic N) is 2. The van der Waals surface area contributed by atoms with Crippen molar-refractivity contribution in [2.45, 2.75) is 63.3 Å². The van der Waals surface area contributed by atoms with Crippen molar-refractivity contribution in [3.8, 4) is 0 Å². The zero-order chi connectivity index (χ0) is 27.0. The maximum atomic E-state index is 13.1. The number of carbonyl (C=O) groups excluding carboxylic acids is 2. The van der Waals surface area contributed by atoms with Crippen molar-refractivity contribution < 1.29 is 40.7 Å². The largest absolute Gasteiger partial charge is 0.456 e. The molecule has 37 heavy (non-hydrogen) atoms. The lowest BCUT2D eigenvalue weighted by atomic mass is 9.82. The van der Waals surface area contributed by atoms with Gasteiger partial charge in [0.05, 0.1) is 30.9 Å². The number of benzene rings is 1. The molecule has 1 amide bonds. The van der Waals surface area contributed by atoms with E-state index in [1.54, 1.807) is 35.2 Å². The minimum atomic E-state index is -4.96.